The number of nitrogens with two attached hydrogens (primary N) is 1. The van der Waals surface area contributed by atoms with Crippen LogP contribution in [0.25, 0.3) is 0 Å². The minimum absolute atomic E-state index is 0.163. The number of hydrogen-bond acceptors (Lipinski definition) is 2. The van der Waals surface area contributed by atoms with Crippen molar-refractivity contribution in [3.8, 4) is 0 Å². The fourth-order valence-electron chi connectivity index (χ4n) is 0.849. The second kappa shape index (κ2) is 3.44. The summed E-state index contributed by atoms with van der Waals surface area (Å²) in [5.74, 6) is -0.299. The van der Waals surface area contributed by atoms with Crippen LogP contribution in [0.2, 0.25) is 0 Å². The zero-order valence-corrected chi connectivity index (χ0v) is 6.47. The monoisotopic (exact) mass is 154 g/mol. The van der Waals surface area contributed by atoms with Gasteiger partial charge in [0.15, 0.2) is 0 Å². The SMILES string of the molecule is CCc1cnc(CN)c(F)c1. The van der Waals surface area contributed by atoms with Crippen molar-refractivity contribution in [1.29, 1.82) is 0 Å². The van der Waals surface area contributed by atoms with Crippen molar-refractivity contribution in [3.05, 3.63) is 29.3 Å². The van der Waals surface area contributed by atoms with Gasteiger partial charge in [-0.25, -0.2) is 4.39 Å². The van der Waals surface area contributed by atoms with Gasteiger partial charge in [0, 0.05) is 12.7 Å². The molecule has 3 heteroatoms. The molecule has 0 aliphatic rings. The average Bonchev–Trinajstić information content (AvgIpc) is 2.04. The predicted octanol–water partition coefficient (Wildman–Crippen LogP) is 1.24. The van der Waals surface area contributed by atoms with Crippen LogP contribution in [0.15, 0.2) is 12.3 Å². The van der Waals surface area contributed by atoms with Gasteiger partial charge >= 0.3 is 0 Å². The summed E-state index contributed by atoms with van der Waals surface area (Å²) in [7, 11) is 0. The normalized spacial score (nSPS) is 10.1. The van der Waals surface area contributed by atoms with Crippen LogP contribution < -0.4 is 5.73 Å². The first-order valence-corrected chi connectivity index (χ1v) is 3.61. The third-order valence-corrected chi connectivity index (χ3v) is 1.58. The van der Waals surface area contributed by atoms with E-state index in [9.17, 15) is 4.39 Å². The Hall–Kier alpha value is -0.960. The lowest BCUT2D eigenvalue weighted by Crippen LogP contribution is -2.03. The molecule has 0 bridgehead atoms. The summed E-state index contributed by atoms with van der Waals surface area (Å²) in [6.07, 6.45) is 2.46. The van der Waals surface area contributed by atoms with Crippen LogP contribution in [0.1, 0.15) is 18.2 Å². The molecule has 0 aromatic carbocycles. The number of pyridine rings is 1. The van der Waals surface area contributed by atoms with Crippen LogP contribution in [0.3, 0.4) is 0 Å². The average molecular weight is 154 g/mol. The molecule has 2 nitrogen and oxygen atoms in total. The number of aryl methyl sites for hydroxylation is 1. The molecule has 1 aromatic rings. The van der Waals surface area contributed by atoms with Gasteiger partial charge in [0.2, 0.25) is 0 Å². The Kier molecular flexibility index (Phi) is 2.54. The van der Waals surface area contributed by atoms with Gasteiger partial charge in [-0.2, -0.15) is 0 Å². The maximum absolute atomic E-state index is 12.9. The maximum atomic E-state index is 12.9. The molecule has 0 saturated carbocycles. The van der Waals surface area contributed by atoms with Gasteiger partial charge in [-0.05, 0) is 18.1 Å². The summed E-state index contributed by atoms with van der Waals surface area (Å²) in [6, 6.07) is 1.48. The number of nitrogens with zero attached hydrogens (tertiary/aromatic N) is 1. The Morgan fingerprint density at radius 3 is 2.82 bits per heavy atom. The molecule has 0 atom stereocenters. The molecule has 60 valence electrons. The van der Waals surface area contributed by atoms with E-state index in [1.165, 1.54) is 6.07 Å². The fraction of sp³-hybridized carbons (Fsp3) is 0.375. The van der Waals surface area contributed by atoms with Crippen molar-refractivity contribution in [2.24, 2.45) is 5.73 Å². The molecule has 0 unspecified atom stereocenters. The molecule has 0 radical (unpaired) electrons. The molecule has 0 aliphatic heterocycles. The standard InChI is InChI=1S/C8H11FN2/c1-2-6-3-7(9)8(4-10)11-5-6/h3,5H,2,4,10H2,1H3. The van der Waals surface area contributed by atoms with E-state index >= 15 is 0 Å². The van der Waals surface area contributed by atoms with Gasteiger partial charge in [-0.15, -0.1) is 0 Å². The molecule has 0 saturated heterocycles. The van der Waals surface area contributed by atoms with Crippen LogP contribution >= 0.6 is 0 Å². The van der Waals surface area contributed by atoms with Crippen molar-refractivity contribution < 1.29 is 4.39 Å². The summed E-state index contributed by atoms with van der Waals surface area (Å²) < 4.78 is 12.9. The number of rotatable bonds is 2. The van der Waals surface area contributed by atoms with E-state index in [1.54, 1.807) is 6.20 Å². The molecule has 0 spiro atoms. The molecule has 0 aliphatic carbocycles. The van der Waals surface area contributed by atoms with Crippen molar-refractivity contribution in [2.75, 3.05) is 0 Å². The summed E-state index contributed by atoms with van der Waals surface area (Å²) >= 11 is 0. The topological polar surface area (TPSA) is 38.9 Å². The van der Waals surface area contributed by atoms with E-state index in [0.29, 0.717) is 5.69 Å². The van der Waals surface area contributed by atoms with Gasteiger partial charge in [0.1, 0.15) is 5.82 Å². The van der Waals surface area contributed by atoms with E-state index in [2.05, 4.69) is 4.98 Å². The number of aromatic nitrogens is 1. The van der Waals surface area contributed by atoms with Gasteiger partial charge < -0.3 is 5.73 Å². The Morgan fingerprint density at radius 1 is 1.64 bits per heavy atom. The first-order valence-electron chi connectivity index (χ1n) is 3.61. The van der Waals surface area contributed by atoms with Gasteiger partial charge in [0.05, 0.1) is 5.69 Å². The van der Waals surface area contributed by atoms with E-state index in [1.807, 2.05) is 6.92 Å². The first kappa shape index (κ1) is 8.14. The fourth-order valence-corrected chi connectivity index (χ4v) is 0.849. The number of hydrogen-bond donors (Lipinski definition) is 1. The van der Waals surface area contributed by atoms with Crippen LogP contribution in [-0.4, -0.2) is 4.98 Å². The second-order valence-corrected chi connectivity index (χ2v) is 2.33. The third kappa shape index (κ3) is 1.74. The van der Waals surface area contributed by atoms with E-state index < -0.39 is 0 Å². The molecule has 11 heavy (non-hydrogen) atoms. The smallest absolute Gasteiger partial charge is 0.146 e. The highest BCUT2D eigenvalue weighted by atomic mass is 19.1. The molecule has 1 rings (SSSR count). The highest BCUT2D eigenvalue weighted by Gasteiger charge is 2.01. The highest BCUT2D eigenvalue weighted by molar-refractivity contribution is 5.15. The largest absolute Gasteiger partial charge is 0.325 e. The lowest BCUT2D eigenvalue weighted by molar-refractivity contribution is 0.597. The van der Waals surface area contributed by atoms with Crippen LogP contribution in [-0.2, 0) is 13.0 Å². The van der Waals surface area contributed by atoms with Crippen molar-refractivity contribution >= 4 is 0 Å². The quantitative estimate of drug-likeness (QED) is 0.696. The van der Waals surface area contributed by atoms with Gasteiger partial charge in [-0.1, -0.05) is 6.92 Å². The zero-order chi connectivity index (χ0) is 8.27. The predicted molar refractivity (Wildman–Crippen MR) is 41.5 cm³/mol. The molecular formula is C8H11FN2. The Labute approximate surface area is 65.3 Å². The molecule has 0 fully saturated rings. The second-order valence-electron chi connectivity index (χ2n) is 2.33. The first-order chi connectivity index (χ1) is 5.27. The maximum Gasteiger partial charge on any atom is 0.146 e. The summed E-state index contributed by atoms with van der Waals surface area (Å²) in [6.45, 7) is 2.12. The van der Waals surface area contributed by atoms with Crippen LogP contribution in [0, 0.1) is 5.82 Å². The van der Waals surface area contributed by atoms with E-state index in [4.69, 9.17) is 5.73 Å². The molecule has 0 amide bonds. The van der Waals surface area contributed by atoms with Crippen LogP contribution in [0.5, 0.6) is 0 Å². The lowest BCUT2D eigenvalue weighted by atomic mass is 10.2. The minimum Gasteiger partial charge on any atom is -0.325 e. The molecular weight excluding hydrogens is 143 g/mol. The summed E-state index contributed by atoms with van der Waals surface area (Å²) in [4.78, 5) is 3.87. The number of halogens is 1. The van der Waals surface area contributed by atoms with Crippen molar-refractivity contribution in [1.82, 2.24) is 4.98 Å². The van der Waals surface area contributed by atoms with Gasteiger partial charge in [-0.3, -0.25) is 4.98 Å². The summed E-state index contributed by atoms with van der Waals surface area (Å²) in [5.41, 5.74) is 6.48. The van der Waals surface area contributed by atoms with Crippen molar-refractivity contribution in [3.63, 3.8) is 0 Å². The molecule has 2 N–H and O–H groups in total. The Morgan fingerprint density at radius 2 is 2.36 bits per heavy atom. The van der Waals surface area contributed by atoms with E-state index in [0.717, 1.165) is 12.0 Å². The molecule has 1 heterocycles. The Balaban J connectivity index is 2.99. The van der Waals surface area contributed by atoms with Gasteiger partial charge in [0.25, 0.3) is 0 Å². The van der Waals surface area contributed by atoms with Crippen LogP contribution in [0.4, 0.5) is 4.39 Å². The minimum atomic E-state index is -0.299. The zero-order valence-electron chi connectivity index (χ0n) is 6.47. The summed E-state index contributed by atoms with van der Waals surface area (Å²) in [5, 5.41) is 0. The third-order valence-electron chi connectivity index (χ3n) is 1.58. The van der Waals surface area contributed by atoms with Crippen molar-refractivity contribution in [2.45, 2.75) is 19.9 Å². The lowest BCUT2D eigenvalue weighted by Gasteiger charge is -1.99. The highest BCUT2D eigenvalue weighted by Crippen LogP contribution is 2.06. The van der Waals surface area contributed by atoms with E-state index in [-0.39, 0.29) is 12.4 Å². The molecule has 1 aromatic heterocycles. The Bertz CT molecular complexity index is 248.